The number of Topliss-reactive ketones (excluding diaryl/α,β-unsaturated/α-hetero) is 1. The number of ether oxygens (including phenoxy) is 2. The maximum absolute atomic E-state index is 13.0. The van der Waals surface area contributed by atoms with Crippen LogP contribution in [0.4, 0.5) is 5.69 Å². The number of esters is 1. The van der Waals surface area contributed by atoms with Gasteiger partial charge in [0.05, 0.1) is 17.6 Å². The van der Waals surface area contributed by atoms with E-state index in [1.54, 1.807) is 60.7 Å². The number of carbonyl (C=O) groups is 2. The molecule has 0 aromatic heterocycles. The lowest BCUT2D eigenvalue weighted by Gasteiger charge is -2.17. The van der Waals surface area contributed by atoms with E-state index in [-0.39, 0.29) is 17.0 Å². The van der Waals surface area contributed by atoms with Gasteiger partial charge in [-0.25, -0.2) is 4.79 Å². The molecule has 3 aromatic carbocycles. The van der Waals surface area contributed by atoms with Crippen molar-refractivity contribution in [1.82, 2.24) is 0 Å². The van der Waals surface area contributed by atoms with E-state index in [1.165, 1.54) is 19.2 Å². The minimum absolute atomic E-state index is 0.0199. The van der Waals surface area contributed by atoms with Crippen molar-refractivity contribution in [3.8, 4) is 5.75 Å². The Morgan fingerprint density at radius 3 is 2.10 bits per heavy atom. The number of carbonyl (C=O) groups excluding carboxylic acids is 2. The highest BCUT2D eigenvalue weighted by Gasteiger charge is 2.28. The summed E-state index contributed by atoms with van der Waals surface area (Å²) in [6.07, 6.45) is -1.19. The van der Waals surface area contributed by atoms with Gasteiger partial charge in [-0.1, -0.05) is 60.7 Å². The molecule has 7 heteroatoms. The van der Waals surface area contributed by atoms with Gasteiger partial charge < -0.3 is 9.47 Å². The van der Waals surface area contributed by atoms with Crippen LogP contribution in [0, 0.1) is 10.1 Å². The molecule has 0 unspecified atom stereocenters. The Hall–Kier alpha value is -4.00. The Bertz CT molecular complexity index is 1030. The zero-order chi connectivity index (χ0) is 20.8. The molecule has 0 fully saturated rings. The molecule has 0 N–H and O–H groups in total. The van der Waals surface area contributed by atoms with Crippen molar-refractivity contribution < 1.29 is 24.0 Å². The SMILES string of the molecule is COc1ccc(C(=O)O[C@H](C(=O)c2ccccc2)c2ccccc2)cc1[N+](=O)[O-]. The van der Waals surface area contributed by atoms with Crippen molar-refractivity contribution >= 4 is 17.4 Å². The second kappa shape index (κ2) is 8.79. The van der Waals surface area contributed by atoms with Gasteiger partial charge in [-0.2, -0.15) is 0 Å². The van der Waals surface area contributed by atoms with Crippen molar-refractivity contribution in [1.29, 1.82) is 0 Å². The number of ketones is 1. The fourth-order valence-corrected chi connectivity index (χ4v) is 2.79. The monoisotopic (exact) mass is 391 g/mol. The number of hydrogen-bond acceptors (Lipinski definition) is 6. The Morgan fingerprint density at radius 2 is 1.52 bits per heavy atom. The molecule has 0 heterocycles. The highest BCUT2D eigenvalue weighted by Crippen LogP contribution is 2.29. The van der Waals surface area contributed by atoms with Crippen LogP contribution >= 0.6 is 0 Å². The lowest BCUT2D eigenvalue weighted by molar-refractivity contribution is -0.385. The maximum Gasteiger partial charge on any atom is 0.339 e. The minimum Gasteiger partial charge on any atom is -0.490 e. The maximum atomic E-state index is 13.0. The number of nitrogens with zero attached hydrogens (tertiary/aromatic N) is 1. The van der Waals surface area contributed by atoms with E-state index in [2.05, 4.69) is 0 Å². The summed E-state index contributed by atoms with van der Waals surface area (Å²) in [5.41, 5.74) is 0.458. The summed E-state index contributed by atoms with van der Waals surface area (Å²) in [7, 11) is 1.30. The molecule has 0 aliphatic rings. The highest BCUT2D eigenvalue weighted by molar-refractivity contribution is 6.02. The Balaban J connectivity index is 1.94. The first-order chi connectivity index (χ1) is 14.0. The lowest BCUT2D eigenvalue weighted by atomic mass is 9.99. The van der Waals surface area contributed by atoms with E-state index in [1.807, 2.05) is 0 Å². The number of hydrogen-bond donors (Lipinski definition) is 0. The number of methoxy groups -OCH3 is 1. The normalized spacial score (nSPS) is 11.3. The number of nitro groups is 1. The van der Waals surface area contributed by atoms with Crippen LogP contribution in [-0.2, 0) is 4.74 Å². The lowest BCUT2D eigenvalue weighted by Crippen LogP contribution is -2.20. The third-order valence-electron chi connectivity index (χ3n) is 4.23. The van der Waals surface area contributed by atoms with E-state index in [0.29, 0.717) is 11.1 Å². The zero-order valence-electron chi connectivity index (χ0n) is 15.5. The van der Waals surface area contributed by atoms with Gasteiger partial charge in [0.15, 0.2) is 11.9 Å². The van der Waals surface area contributed by atoms with Gasteiger partial charge in [0.1, 0.15) is 0 Å². The summed E-state index contributed by atoms with van der Waals surface area (Å²) in [4.78, 5) is 36.2. The summed E-state index contributed by atoms with van der Waals surface area (Å²) in [6, 6.07) is 20.8. The van der Waals surface area contributed by atoms with E-state index in [9.17, 15) is 19.7 Å². The molecule has 29 heavy (non-hydrogen) atoms. The molecule has 0 radical (unpaired) electrons. The summed E-state index contributed by atoms with van der Waals surface area (Å²) in [6.45, 7) is 0. The predicted octanol–water partition coefficient (Wildman–Crippen LogP) is 4.38. The molecule has 0 aliphatic heterocycles. The summed E-state index contributed by atoms with van der Waals surface area (Å²) in [5, 5.41) is 11.2. The molecule has 146 valence electrons. The van der Waals surface area contributed by atoms with Crippen LogP contribution in [0.5, 0.6) is 5.75 Å². The van der Waals surface area contributed by atoms with E-state index >= 15 is 0 Å². The molecule has 7 nitrogen and oxygen atoms in total. The highest BCUT2D eigenvalue weighted by atomic mass is 16.6. The second-order valence-electron chi connectivity index (χ2n) is 6.07. The standard InChI is InChI=1S/C22H17NO6/c1-28-19-13-12-17(14-18(19)23(26)27)22(25)29-21(16-10-6-3-7-11-16)20(24)15-8-4-2-5-9-15/h2-14,21H,1H3/t21-/m0/s1. The molecule has 0 saturated carbocycles. The Labute approximate surface area is 166 Å². The molecule has 3 rings (SSSR count). The van der Waals surface area contributed by atoms with Crippen molar-refractivity contribution in [2.75, 3.05) is 7.11 Å². The van der Waals surface area contributed by atoms with Crippen LogP contribution in [-0.4, -0.2) is 23.8 Å². The molecular formula is C22H17NO6. The molecule has 0 saturated heterocycles. The van der Waals surface area contributed by atoms with Crippen LogP contribution in [0.15, 0.2) is 78.9 Å². The topological polar surface area (TPSA) is 95.7 Å². The molecule has 1 atom stereocenters. The quantitative estimate of drug-likeness (QED) is 0.257. The number of benzene rings is 3. The summed E-state index contributed by atoms with van der Waals surface area (Å²) < 4.78 is 10.4. The van der Waals surface area contributed by atoms with E-state index in [4.69, 9.17) is 9.47 Å². The van der Waals surface area contributed by atoms with Gasteiger partial charge in [0.2, 0.25) is 5.78 Å². The van der Waals surface area contributed by atoms with Crippen molar-refractivity contribution in [2.24, 2.45) is 0 Å². The van der Waals surface area contributed by atoms with Crippen LogP contribution in [0.25, 0.3) is 0 Å². The summed E-state index contributed by atoms with van der Waals surface area (Å²) in [5.74, 6) is -1.23. The Kier molecular flexibility index (Phi) is 5.99. The van der Waals surface area contributed by atoms with Gasteiger partial charge in [-0.05, 0) is 12.1 Å². The first-order valence-corrected chi connectivity index (χ1v) is 8.69. The first kappa shape index (κ1) is 19.8. The average Bonchev–Trinajstić information content (AvgIpc) is 2.77. The first-order valence-electron chi connectivity index (χ1n) is 8.69. The Morgan fingerprint density at radius 1 is 0.897 bits per heavy atom. The zero-order valence-corrected chi connectivity index (χ0v) is 15.5. The minimum atomic E-state index is -1.19. The number of nitro benzene ring substituents is 1. The van der Waals surface area contributed by atoms with Crippen LogP contribution in [0.3, 0.4) is 0 Å². The van der Waals surface area contributed by atoms with Crippen molar-refractivity contribution in [3.63, 3.8) is 0 Å². The smallest absolute Gasteiger partial charge is 0.339 e. The van der Waals surface area contributed by atoms with Gasteiger partial charge in [-0.3, -0.25) is 14.9 Å². The van der Waals surface area contributed by atoms with Crippen LogP contribution < -0.4 is 4.74 Å². The second-order valence-corrected chi connectivity index (χ2v) is 6.07. The molecule has 0 bridgehead atoms. The van der Waals surface area contributed by atoms with Crippen molar-refractivity contribution in [2.45, 2.75) is 6.10 Å². The van der Waals surface area contributed by atoms with Gasteiger partial charge in [0.25, 0.3) is 0 Å². The van der Waals surface area contributed by atoms with Crippen LogP contribution in [0.2, 0.25) is 0 Å². The third kappa shape index (κ3) is 4.47. The van der Waals surface area contributed by atoms with Crippen LogP contribution in [0.1, 0.15) is 32.4 Å². The van der Waals surface area contributed by atoms with Crippen molar-refractivity contribution in [3.05, 3.63) is 106 Å². The predicted molar refractivity (Wildman–Crippen MR) is 105 cm³/mol. The van der Waals surface area contributed by atoms with E-state index in [0.717, 1.165) is 6.07 Å². The largest absolute Gasteiger partial charge is 0.490 e. The molecule has 0 amide bonds. The molecule has 0 spiro atoms. The van der Waals surface area contributed by atoms with E-state index < -0.39 is 22.8 Å². The van der Waals surface area contributed by atoms with Gasteiger partial charge >= 0.3 is 11.7 Å². The molecule has 3 aromatic rings. The summed E-state index contributed by atoms with van der Waals surface area (Å²) >= 11 is 0. The van der Waals surface area contributed by atoms with Gasteiger partial charge in [0, 0.05) is 17.2 Å². The fourth-order valence-electron chi connectivity index (χ4n) is 2.79. The average molecular weight is 391 g/mol. The van der Waals surface area contributed by atoms with Gasteiger partial charge in [-0.15, -0.1) is 0 Å². The third-order valence-corrected chi connectivity index (χ3v) is 4.23. The molecular weight excluding hydrogens is 374 g/mol. The molecule has 0 aliphatic carbocycles. The number of rotatable bonds is 7. The fraction of sp³-hybridized carbons (Fsp3) is 0.0909.